The Morgan fingerprint density at radius 1 is 1.26 bits per heavy atom. The molecule has 1 aliphatic rings. The van der Waals surface area contributed by atoms with E-state index < -0.39 is 0 Å². The van der Waals surface area contributed by atoms with Crippen LogP contribution in [0, 0.1) is 0 Å². The lowest BCUT2D eigenvalue weighted by atomic mass is 10.1. The maximum absolute atomic E-state index is 13.1. The molecule has 1 aliphatic heterocycles. The number of rotatable bonds is 8. The van der Waals surface area contributed by atoms with E-state index in [1.807, 2.05) is 52.5 Å². The van der Waals surface area contributed by atoms with Crippen molar-refractivity contribution in [1.82, 2.24) is 4.90 Å². The zero-order valence-corrected chi connectivity index (χ0v) is 16.7. The van der Waals surface area contributed by atoms with E-state index in [1.165, 1.54) is 0 Å². The van der Waals surface area contributed by atoms with E-state index >= 15 is 0 Å². The Kier molecular flexibility index (Phi) is 6.88. The quantitative estimate of drug-likeness (QED) is 0.718. The standard InChI is InChI=1S/C20H23ClN2O3S/c1-27-12-9-22-14-19(15-3-2-4-18(13-15)26-11-10-24)23(20(22)25)17-7-5-16(21)6-8-17/h2-8,13,19,24H,9-12,14H2,1H3. The van der Waals surface area contributed by atoms with E-state index in [9.17, 15) is 4.79 Å². The first-order chi connectivity index (χ1) is 13.1. The number of ether oxygens (including phenoxy) is 1. The molecule has 144 valence electrons. The summed E-state index contributed by atoms with van der Waals surface area (Å²) in [6.07, 6.45) is 2.04. The fraction of sp³-hybridized carbons (Fsp3) is 0.350. The van der Waals surface area contributed by atoms with Crippen LogP contribution in [0.15, 0.2) is 48.5 Å². The number of amides is 2. The number of urea groups is 1. The van der Waals surface area contributed by atoms with Crippen molar-refractivity contribution < 1.29 is 14.6 Å². The van der Waals surface area contributed by atoms with Crippen LogP contribution in [0.5, 0.6) is 5.75 Å². The monoisotopic (exact) mass is 406 g/mol. The lowest BCUT2D eigenvalue weighted by Crippen LogP contribution is -2.33. The molecule has 5 nitrogen and oxygen atoms in total. The average Bonchev–Trinajstić information content (AvgIpc) is 3.02. The van der Waals surface area contributed by atoms with Crippen LogP contribution in [0.4, 0.5) is 10.5 Å². The molecular weight excluding hydrogens is 384 g/mol. The van der Waals surface area contributed by atoms with Gasteiger partial charge in [0, 0.05) is 29.6 Å². The first-order valence-electron chi connectivity index (χ1n) is 8.80. The predicted octanol–water partition coefficient (Wildman–Crippen LogP) is 4.06. The van der Waals surface area contributed by atoms with Gasteiger partial charge in [-0.15, -0.1) is 0 Å². The summed E-state index contributed by atoms with van der Waals surface area (Å²) in [5, 5.41) is 9.62. The summed E-state index contributed by atoms with van der Waals surface area (Å²) in [5.41, 5.74) is 1.82. The van der Waals surface area contributed by atoms with Gasteiger partial charge in [-0.2, -0.15) is 11.8 Å². The smallest absolute Gasteiger partial charge is 0.325 e. The van der Waals surface area contributed by atoms with Gasteiger partial charge in [-0.1, -0.05) is 23.7 Å². The van der Waals surface area contributed by atoms with Crippen molar-refractivity contribution in [3.8, 4) is 5.75 Å². The molecule has 0 bridgehead atoms. The van der Waals surface area contributed by atoms with Crippen LogP contribution in [0.25, 0.3) is 0 Å². The molecule has 3 rings (SSSR count). The molecule has 1 unspecified atom stereocenters. The number of benzene rings is 2. The minimum atomic E-state index is -0.113. The van der Waals surface area contributed by atoms with Crippen LogP contribution in [-0.4, -0.2) is 54.3 Å². The highest BCUT2D eigenvalue weighted by molar-refractivity contribution is 7.98. The van der Waals surface area contributed by atoms with Gasteiger partial charge in [0.1, 0.15) is 12.4 Å². The maximum atomic E-state index is 13.1. The summed E-state index contributed by atoms with van der Waals surface area (Å²) < 4.78 is 5.54. The summed E-state index contributed by atoms with van der Waals surface area (Å²) in [6, 6.07) is 14.9. The molecule has 0 aromatic heterocycles. The predicted molar refractivity (Wildman–Crippen MR) is 111 cm³/mol. The van der Waals surface area contributed by atoms with Crippen molar-refractivity contribution in [1.29, 1.82) is 0 Å². The molecule has 1 fully saturated rings. The number of hydrogen-bond acceptors (Lipinski definition) is 4. The van der Waals surface area contributed by atoms with Gasteiger partial charge in [0.05, 0.1) is 12.6 Å². The molecule has 27 heavy (non-hydrogen) atoms. The van der Waals surface area contributed by atoms with Crippen molar-refractivity contribution in [2.24, 2.45) is 0 Å². The maximum Gasteiger partial charge on any atom is 0.325 e. The fourth-order valence-corrected chi connectivity index (χ4v) is 3.69. The highest BCUT2D eigenvalue weighted by Gasteiger charge is 2.38. The van der Waals surface area contributed by atoms with Gasteiger partial charge in [-0.3, -0.25) is 4.90 Å². The largest absolute Gasteiger partial charge is 0.491 e. The van der Waals surface area contributed by atoms with E-state index in [0.717, 1.165) is 17.0 Å². The normalized spacial score (nSPS) is 16.9. The molecule has 0 saturated carbocycles. The topological polar surface area (TPSA) is 53.0 Å². The van der Waals surface area contributed by atoms with Crippen molar-refractivity contribution in [3.05, 3.63) is 59.1 Å². The molecule has 1 atom stereocenters. The van der Waals surface area contributed by atoms with Gasteiger partial charge in [-0.25, -0.2) is 4.79 Å². The third kappa shape index (κ3) is 4.69. The molecule has 2 amide bonds. The van der Waals surface area contributed by atoms with Gasteiger partial charge < -0.3 is 14.7 Å². The molecule has 0 spiro atoms. The Hall–Kier alpha value is -1.89. The molecule has 2 aromatic rings. The van der Waals surface area contributed by atoms with Crippen LogP contribution < -0.4 is 9.64 Å². The van der Waals surface area contributed by atoms with Crippen molar-refractivity contribution in [2.75, 3.05) is 43.2 Å². The van der Waals surface area contributed by atoms with Crippen molar-refractivity contribution in [2.45, 2.75) is 6.04 Å². The van der Waals surface area contributed by atoms with E-state index in [4.69, 9.17) is 21.4 Å². The van der Waals surface area contributed by atoms with Gasteiger partial charge >= 0.3 is 6.03 Å². The number of thioether (sulfide) groups is 1. The third-order valence-corrected chi connectivity index (χ3v) is 5.30. The molecule has 0 aliphatic carbocycles. The second-order valence-corrected chi connectivity index (χ2v) is 7.65. The minimum absolute atomic E-state index is 0.00180. The number of nitrogens with zero attached hydrogens (tertiary/aromatic N) is 2. The SMILES string of the molecule is CSCCN1CC(c2cccc(OCCO)c2)N(c2ccc(Cl)cc2)C1=O. The Morgan fingerprint density at radius 3 is 2.74 bits per heavy atom. The van der Waals surface area contributed by atoms with Gasteiger partial charge in [0.15, 0.2) is 0 Å². The van der Waals surface area contributed by atoms with Crippen LogP contribution in [-0.2, 0) is 0 Å². The third-order valence-electron chi connectivity index (χ3n) is 4.45. The van der Waals surface area contributed by atoms with E-state index in [2.05, 4.69) is 0 Å². The summed E-state index contributed by atoms with van der Waals surface area (Å²) in [6.45, 7) is 1.53. The van der Waals surface area contributed by atoms with Gasteiger partial charge in [0.2, 0.25) is 0 Å². The number of anilines is 1. The average molecular weight is 407 g/mol. The summed E-state index contributed by atoms with van der Waals surface area (Å²) in [5.74, 6) is 1.58. The number of aliphatic hydroxyl groups is 1. The number of hydrogen-bond donors (Lipinski definition) is 1. The number of carbonyl (C=O) groups excluding carboxylic acids is 1. The summed E-state index contributed by atoms with van der Waals surface area (Å²) in [4.78, 5) is 16.8. The Morgan fingerprint density at radius 2 is 2.04 bits per heavy atom. The molecule has 0 radical (unpaired) electrons. The number of halogens is 1. The zero-order chi connectivity index (χ0) is 19.2. The van der Waals surface area contributed by atoms with Crippen molar-refractivity contribution in [3.63, 3.8) is 0 Å². The lowest BCUT2D eigenvalue weighted by Gasteiger charge is -2.24. The number of aliphatic hydroxyl groups excluding tert-OH is 1. The van der Waals surface area contributed by atoms with E-state index in [0.29, 0.717) is 23.9 Å². The number of carbonyl (C=O) groups is 1. The Labute approximate surface area is 168 Å². The van der Waals surface area contributed by atoms with Crippen LogP contribution in [0.2, 0.25) is 5.02 Å². The van der Waals surface area contributed by atoms with E-state index in [-0.39, 0.29) is 25.3 Å². The Bertz CT molecular complexity index is 772. The summed E-state index contributed by atoms with van der Waals surface area (Å²) in [7, 11) is 0. The molecule has 7 heteroatoms. The van der Waals surface area contributed by atoms with Crippen LogP contribution >= 0.6 is 23.4 Å². The van der Waals surface area contributed by atoms with Crippen LogP contribution in [0.3, 0.4) is 0 Å². The second-order valence-electron chi connectivity index (χ2n) is 6.23. The van der Waals surface area contributed by atoms with Gasteiger partial charge in [0.25, 0.3) is 0 Å². The fourth-order valence-electron chi connectivity index (χ4n) is 3.16. The van der Waals surface area contributed by atoms with Crippen LogP contribution in [0.1, 0.15) is 11.6 Å². The lowest BCUT2D eigenvalue weighted by molar-refractivity contribution is 0.201. The first kappa shape index (κ1) is 19.9. The van der Waals surface area contributed by atoms with Crippen molar-refractivity contribution >= 4 is 35.1 Å². The Balaban J connectivity index is 1.92. The molecule has 1 N–H and O–H groups in total. The highest BCUT2D eigenvalue weighted by Crippen LogP contribution is 2.36. The molecular formula is C20H23ClN2O3S. The molecule has 1 heterocycles. The molecule has 1 saturated heterocycles. The molecule has 2 aromatic carbocycles. The second kappa shape index (κ2) is 9.35. The summed E-state index contributed by atoms with van der Waals surface area (Å²) >= 11 is 7.75. The van der Waals surface area contributed by atoms with Gasteiger partial charge in [-0.05, 0) is 48.2 Å². The minimum Gasteiger partial charge on any atom is -0.491 e. The zero-order valence-electron chi connectivity index (χ0n) is 15.2. The van der Waals surface area contributed by atoms with E-state index in [1.54, 1.807) is 23.9 Å². The highest BCUT2D eigenvalue weighted by atomic mass is 35.5. The first-order valence-corrected chi connectivity index (χ1v) is 10.6.